The third-order valence-corrected chi connectivity index (χ3v) is 5.09. The van der Waals surface area contributed by atoms with Crippen molar-refractivity contribution in [2.24, 2.45) is 11.0 Å². The molecule has 0 aromatic heterocycles. The van der Waals surface area contributed by atoms with E-state index in [0.29, 0.717) is 34.1 Å². The predicted molar refractivity (Wildman–Crippen MR) is 127 cm³/mol. The minimum absolute atomic E-state index is 0.0359. The van der Waals surface area contributed by atoms with Crippen LogP contribution in [0.2, 0.25) is 5.02 Å². The maximum Gasteiger partial charge on any atom is 0.262 e. The zero-order valence-electron chi connectivity index (χ0n) is 18.9. The zero-order chi connectivity index (χ0) is 24.7. The number of terminal acetylenes is 1. The minimum Gasteiger partial charge on any atom is -0.493 e. The number of rotatable bonds is 9. The van der Waals surface area contributed by atoms with Crippen LogP contribution in [-0.4, -0.2) is 44.6 Å². The lowest BCUT2D eigenvalue weighted by Gasteiger charge is -2.20. The molecule has 0 saturated heterocycles. The maximum absolute atomic E-state index is 12.7. The van der Waals surface area contributed by atoms with Crippen molar-refractivity contribution >= 4 is 29.6 Å². The SMILES string of the molecule is C#CCOc1c(Cl)cc(C=NNC(=O)C(NC(=O)c2ccc3c(c2)OCO3)C(C)C)cc1OC. The minimum atomic E-state index is -0.826. The molecule has 0 bridgehead atoms. The summed E-state index contributed by atoms with van der Waals surface area (Å²) in [5.74, 6) is 2.99. The van der Waals surface area contributed by atoms with E-state index in [1.165, 1.54) is 13.3 Å². The summed E-state index contributed by atoms with van der Waals surface area (Å²) in [7, 11) is 1.47. The molecule has 1 heterocycles. The molecule has 1 aliphatic heterocycles. The summed E-state index contributed by atoms with van der Waals surface area (Å²) in [5, 5.41) is 6.99. The summed E-state index contributed by atoms with van der Waals surface area (Å²) in [5.41, 5.74) is 3.35. The Kier molecular flexibility index (Phi) is 8.22. The van der Waals surface area contributed by atoms with E-state index in [1.807, 2.05) is 13.8 Å². The van der Waals surface area contributed by atoms with Crippen LogP contribution in [0.4, 0.5) is 0 Å². The van der Waals surface area contributed by atoms with Crippen LogP contribution >= 0.6 is 11.6 Å². The number of benzene rings is 2. The molecule has 10 heteroatoms. The van der Waals surface area contributed by atoms with E-state index in [9.17, 15) is 9.59 Å². The second kappa shape index (κ2) is 11.3. The van der Waals surface area contributed by atoms with Gasteiger partial charge in [-0.25, -0.2) is 5.43 Å². The average Bonchev–Trinajstić information content (AvgIpc) is 3.29. The number of fused-ring (bicyclic) bond motifs is 1. The first kappa shape index (κ1) is 24.7. The lowest BCUT2D eigenvalue weighted by molar-refractivity contribution is -0.123. The molecule has 2 aromatic rings. The van der Waals surface area contributed by atoms with E-state index in [1.54, 1.807) is 30.3 Å². The van der Waals surface area contributed by atoms with Gasteiger partial charge in [0.15, 0.2) is 23.0 Å². The van der Waals surface area contributed by atoms with Gasteiger partial charge in [-0.1, -0.05) is 31.4 Å². The molecule has 2 aromatic carbocycles. The summed E-state index contributed by atoms with van der Waals surface area (Å²) in [4.78, 5) is 25.4. The van der Waals surface area contributed by atoms with Gasteiger partial charge in [0.25, 0.3) is 11.8 Å². The lowest BCUT2D eigenvalue weighted by atomic mass is 10.0. The summed E-state index contributed by atoms with van der Waals surface area (Å²) in [6.45, 7) is 3.77. The number of carbonyl (C=O) groups is 2. The van der Waals surface area contributed by atoms with Crippen LogP contribution in [0.3, 0.4) is 0 Å². The van der Waals surface area contributed by atoms with Gasteiger partial charge in [-0.2, -0.15) is 5.10 Å². The molecule has 9 nitrogen and oxygen atoms in total. The van der Waals surface area contributed by atoms with Crippen LogP contribution in [-0.2, 0) is 4.79 Å². The number of amides is 2. The van der Waals surface area contributed by atoms with Crippen LogP contribution in [0.1, 0.15) is 29.8 Å². The fourth-order valence-electron chi connectivity index (χ4n) is 3.11. The number of ether oxygens (including phenoxy) is 4. The van der Waals surface area contributed by atoms with Gasteiger partial charge in [-0.05, 0) is 41.8 Å². The van der Waals surface area contributed by atoms with Crippen LogP contribution in [0.25, 0.3) is 0 Å². The molecule has 178 valence electrons. The van der Waals surface area contributed by atoms with E-state index in [4.69, 9.17) is 37.0 Å². The smallest absolute Gasteiger partial charge is 0.262 e. The normalized spacial score (nSPS) is 12.8. The first-order valence-electron chi connectivity index (χ1n) is 10.3. The number of methoxy groups -OCH3 is 1. The van der Waals surface area contributed by atoms with E-state index in [0.717, 1.165) is 0 Å². The number of hydrazone groups is 1. The Morgan fingerprint density at radius 2 is 2.03 bits per heavy atom. The number of nitrogens with one attached hydrogen (secondary N) is 2. The van der Waals surface area contributed by atoms with E-state index in [-0.39, 0.29) is 24.3 Å². The van der Waals surface area contributed by atoms with E-state index >= 15 is 0 Å². The van der Waals surface area contributed by atoms with E-state index < -0.39 is 17.9 Å². The summed E-state index contributed by atoms with van der Waals surface area (Å²) >= 11 is 6.25. The van der Waals surface area contributed by atoms with Gasteiger partial charge in [-0.3, -0.25) is 9.59 Å². The van der Waals surface area contributed by atoms with Gasteiger partial charge in [0.05, 0.1) is 18.3 Å². The van der Waals surface area contributed by atoms with E-state index in [2.05, 4.69) is 21.8 Å². The predicted octanol–water partition coefficient (Wildman–Crippen LogP) is 2.99. The summed E-state index contributed by atoms with van der Waals surface area (Å²) < 4.78 is 21.2. The summed E-state index contributed by atoms with van der Waals surface area (Å²) in [6.07, 6.45) is 6.61. The van der Waals surface area contributed by atoms with Crippen molar-refractivity contribution in [1.29, 1.82) is 0 Å². The Morgan fingerprint density at radius 3 is 2.74 bits per heavy atom. The molecule has 0 radical (unpaired) electrons. The summed E-state index contributed by atoms with van der Waals surface area (Å²) in [6, 6.07) is 7.22. The van der Waals surface area contributed by atoms with Crippen LogP contribution in [0.5, 0.6) is 23.0 Å². The molecule has 1 atom stereocenters. The van der Waals surface area contributed by atoms with Crippen molar-refractivity contribution in [3.63, 3.8) is 0 Å². The number of hydrogen-bond acceptors (Lipinski definition) is 7. The highest BCUT2D eigenvalue weighted by Gasteiger charge is 2.25. The molecule has 0 saturated carbocycles. The number of carbonyl (C=O) groups excluding carboxylic acids is 2. The van der Waals surface area contributed by atoms with Crippen LogP contribution in [0.15, 0.2) is 35.4 Å². The molecule has 0 aliphatic carbocycles. The third-order valence-electron chi connectivity index (χ3n) is 4.81. The molecule has 34 heavy (non-hydrogen) atoms. The molecule has 1 aliphatic rings. The van der Waals surface area contributed by atoms with Gasteiger partial charge >= 0.3 is 0 Å². The Hall–Kier alpha value is -3.90. The van der Waals surface area contributed by atoms with Crippen LogP contribution < -0.4 is 29.7 Å². The molecule has 3 rings (SSSR count). The van der Waals surface area contributed by atoms with Gasteiger partial charge in [0.1, 0.15) is 12.6 Å². The Morgan fingerprint density at radius 1 is 1.26 bits per heavy atom. The standard InChI is InChI=1S/C24H24ClN3O6/c1-5-8-32-22-17(25)9-15(10-20(22)31-4)12-26-28-24(30)21(14(2)3)27-23(29)16-6-7-18-19(11-16)34-13-33-18/h1,6-7,9-12,14,21H,8,13H2,2-4H3,(H,27,29)(H,28,30). The second-order valence-electron chi connectivity index (χ2n) is 7.52. The quantitative estimate of drug-likeness (QED) is 0.321. The fourth-order valence-corrected chi connectivity index (χ4v) is 3.38. The molecular formula is C24H24ClN3O6. The first-order chi connectivity index (χ1) is 16.3. The molecule has 2 amide bonds. The maximum atomic E-state index is 12.7. The average molecular weight is 486 g/mol. The molecule has 0 fully saturated rings. The highest BCUT2D eigenvalue weighted by atomic mass is 35.5. The van der Waals surface area contributed by atoms with Crippen molar-refractivity contribution in [1.82, 2.24) is 10.7 Å². The van der Waals surface area contributed by atoms with Crippen molar-refractivity contribution < 1.29 is 28.5 Å². The molecular weight excluding hydrogens is 462 g/mol. The highest BCUT2D eigenvalue weighted by Crippen LogP contribution is 2.36. The zero-order valence-corrected chi connectivity index (χ0v) is 19.6. The Bertz CT molecular complexity index is 1140. The number of hydrogen-bond donors (Lipinski definition) is 2. The number of halogens is 1. The second-order valence-corrected chi connectivity index (χ2v) is 7.93. The Labute approximate surface area is 202 Å². The lowest BCUT2D eigenvalue weighted by Crippen LogP contribution is -2.48. The van der Waals surface area contributed by atoms with Crippen molar-refractivity contribution in [3.05, 3.63) is 46.5 Å². The monoisotopic (exact) mass is 485 g/mol. The van der Waals surface area contributed by atoms with Gasteiger partial charge < -0.3 is 24.3 Å². The van der Waals surface area contributed by atoms with Crippen molar-refractivity contribution in [2.45, 2.75) is 19.9 Å². The van der Waals surface area contributed by atoms with Gasteiger partial charge in [0, 0.05) is 5.56 Å². The highest BCUT2D eigenvalue weighted by molar-refractivity contribution is 6.32. The molecule has 0 spiro atoms. The Balaban J connectivity index is 1.66. The number of nitrogens with zero attached hydrogens (tertiary/aromatic N) is 1. The third kappa shape index (κ3) is 5.91. The molecule has 1 unspecified atom stereocenters. The topological polar surface area (TPSA) is 107 Å². The van der Waals surface area contributed by atoms with Crippen molar-refractivity contribution in [3.8, 4) is 35.3 Å². The first-order valence-corrected chi connectivity index (χ1v) is 10.7. The molecule has 2 N–H and O–H groups in total. The largest absolute Gasteiger partial charge is 0.493 e. The fraction of sp³-hybridized carbons (Fsp3) is 0.292. The van der Waals surface area contributed by atoms with Gasteiger partial charge in [-0.15, -0.1) is 6.42 Å². The van der Waals surface area contributed by atoms with Gasteiger partial charge in [0.2, 0.25) is 6.79 Å². The van der Waals surface area contributed by atoms with Crippen molar-refractivity contribution in [2.75, 3.05) is 20.5 Å². The van der Waals surface area contributed by atoms with Crippen LogP contribution in [0, 0.1) is 18.3 Å².